The number of aryl methyl sites for hydroxylation is 1. The summed E-state index contributed by atoms with van der Waals surface area (Å²) in [5.41, 5.74) is 3.03. The van der Waals surface area contributed by atoms with Gasteiger partial charge in [0.05, 0.1) is 25.3 Å². The Balaban J connectivity index is 2.19. The predicted octanol–water partition coefficient (Wildman–Crippen LogP) is 2.97. The van der Waals surface area contributed by atoms with Crippen molar-refractivity contribution in [2.24, 2.45) is 18.1 Å². The molecule has 0 saturated carbocycles. The van der Waals surface area contributed by atoms with Crippen molar-refractivity contribution in [3.05, 3.63) is 53.3 Å². The van der Waals surface area contributed by atoms with E-state index in [1.165, 1.54) is 6.92 Å². The Labute approximate surface area is 183 Å². The van der Waals surface area contributed by atoms with E-state index in [4.69, 9.17) is 9.57 Å². The first-order valence-electron chi connectivity index (χ1n) is 10.4. The zero-order valence-corrected chi connectivity index (χ0v) is 18.9. The number of hydrogen-bond donors (Lipinski definition) is 1. The lowest BCUT2D eigenvalue weighted by Gasteiger charge is -2.28. The van der Waals surface area contributed by atoms with E-state index in [9.17, 15) is 9.59 Å². The van der Waals surface area contributed by atoms with Gasteiger partial charge >= 0.3 is 5.97 Å². The zero-order chi connectivity index (χ0) is 22.8. The fourth-order valence-corrected chi connectivity index (χ4v) is 3.59. The highest BCUT2D eigenvalue weighted by Crippen LogP contribution is 2.33. The number of likely N-dealkylation sites (N-methyl/N-ethyl adjacent to an activating group) is 1. The van der Waals surface area contributed by atoms with Gasteiger partial charge in [-0.2, -0.15) is 5.10 Å². The van der Waals surface area contributed by atoms with Crippen LogP contribution in [0.15, 0.2) is 41.7 Å². The van der Waals surface area contributed by atoms with E-state index in [1.807, 2.05) is 50.5 Å². The van der Waals surface area contributed by atoms with Crippen LogP contribution < -0.4 is 5.32 Å². The molecule has 2 unspecified atom stereocenters. The molecule has 31 heavy (non-hydrogen) atoms. The van der Waals surface area contributed by atoms with Crippen LogP contribution in [0.3, 0.4) is 0 Å². The first kappa shape index (κ1) is 24.3. The standard InChI is InChI=1S/C23H32N4O4/c1-16(20(11-12-28)17(2)30-15-19-9-7-6-8-10-19)21-14-25-27(5)22(21)13-23(24-4)26-31-18(3)29/h6-10,12,14,16-17,20H,11,13,15H2,1-5H3,(H,24,26)/t16-,17?,20?/m1/s1. The molecule has 0 bridgehead atoms. The molecule has 168 valence electrons. The number of aromatic nitrogens is 2. The van der Waals surface area contributed by atoms with E-state index in [1.54, 1.807) is 11.7 Å². The van der Waals surface area contributed by atoms with Crippen LogP contribution in [-0.2, 0) is 39.2 Å². The van der Waals surface area contributed by atoms with Crippen LogP contribution in [0.4, 0.5) is 0 Å². The molecule has 3 atom stereocenters. The summed E-state index contributed by atoms with van der Waals surface area (Å²) in [4.78, 5) is 27.3. The van der Waals surface area contributed by atoms with Gasteiger partial charge in [0.15, 0.2) is 0 Å². The largest absolute Gasteiger partial charge is 0.374 e. The molecular weight excluding hydrogens is 396 g/mol. The number of ether oxygens (including phenoxy) is 1. The van der Waals surface area contributed by atoms with Gasteiger partial charge in [-0.1, -0.05) is 42.4 Å². The molecule has 8 heteroatoms. The Bertz CT molecular complexity index is 879. The number of oxime groups is 1. The minimum atomic E-state index is -0.484. The van der Waals surface area contributed by atoms with Gasteiger partial charge in [-0.05, 0) is 29.9 Å². The minimum Gasteiger partial charge on any atom is -0.374 e. The monoisotopic (exact) mass is 428 g/mol. The topological polar surface area (TPSA) is 94.8 Å². The summed E-state index contributed by atoms with van der Waals surface area (Å²) in [6.07, 6.45) is 3.42. The number of hydrogen-bond acceptors (Lipinski definition) is 6. The normalized spacial score (nSPS) is 14.5. The molecule has 1 aromatic heterocycles. The van der Waals surface area contributed by atoms with Crippen molar-refractivity contribution >= 4 is 18.1 Å². The Morgan fingerprint density at radius 1 is 1.29 bits per heavy atom. The number of rotatable bonds is 11. The van der Waals surface area contributed by atoms with Crippen molar-refractivity contribution in [1.82, 2.24) is 15.1 Å². The van der Waals surface area contributed by atoms with E-state index in [0.29, 0.717) is 25.3 Å². The summed E-state index contributed by atoms with van der Waals surface area (Å²) >= 11 is 0. The molecule has 1 N–H and O–H groups in total. The van der Waals surface area contributed by atoms with Crippen LogP contribution in [0.2, 0.25) is 0 Å². The number of carbonyl (C=O) groups excluding carboxylic acids is 2. The average Bonchev–Trinajstić information content (AvgIpc) is 3.13. The van der Waals surface area contributed by atoms with Gasteiger partial charge in [-0.25, -0.2) is 4.79 Å². The van der Waals surface area contributed by atoms with E-state index >= 15 is 0 Å². The highest BCUT2D eigenvalue weighted by Gasteiger charge is 2.29. The number of nitrogens with zero attached hydrogens (tertiary/aromatic N) is 3. The van der Waals surface area contributed by atoms with Crippen LogP contribution in [0.1, 0.15) is 49.9 Å². The molecule has 0 amide bonds. The third-order valence-electron chi connectivity index (χ3n) is 5.46. The Morgan fingerprint density at radius 2 is 2.00 bits per heavy atom. The molecule has 2 aromatic rings. The van der Waals surface area contributed by atoms with Gasteiger partial charge in [0.25, 0.3) is 0 Å². The molecule has 0 aliphatic rings. The second-order valence-corrected chi connectivity index (χ2v) is 7.57. The summed E-state index contributed by atoms with van der Waals surface area (Å²) in [5.74, 6) is 0.0217. The summed E-state index contributed by atoms with van der Waals surface area (Å²) in [5, 5.41) is 11.2. The van der Waals surface area contributed by atoms with Gasteiger partial charge in [0.1, 0.15) is 12.1 Å². The number of benzene rings is 1. The molecule has 0 aliphatic heterocycles. The number of amidine groups is 1. The smallest absolute Gasteiger partial charge is 0.332 e. The summed E-state index contributed by atoms with van der Waals surface area (Å²) in [6.45, 7) is 5.88. The van der Waals surface area contributed by atoms with E-state index in [-0.39, 0.29) is 17.9 Å². The highest BCUT2D eigenvalue weighted by molar-refractivity contribution is 5.84. The van der Waals surface area contributed by atoms with Crippen molar-refractivity contribution < 1.29 is 19.2 Å². The maximum absolute atomic E-state index is 11.4. The van der Waals surface area contributed by atoms with E-state index in [2.05, 4.69) is 22.5 Å². The van der Waals surface area contributed by atoms with Crippen molar-refractivity contribution in [3.63, 3.8) is 0 Å². The maximum Gasteiger partial charge on any atom is 0.332 e. The molecule has 0 spiro atoms. The Kier molecular flexibility index (Phi) is 9.40. The van der Waals surface area contributed by atoms with Crippen LogP contribution in [0, 0.1) is 5.92 Å². The van der Waals surface area contributed by atoms with Crippen molar-refractivity contribution in [1.29, 1.82) is 0 Å². The van der Waals surface area contributed by atoms with Crippen LogP contribution in [-0.4, -0.2) is 41.0 Å². The number of aldehydes is 1. The Hall–Kier alpha value is -3.00. The Morgan fingerprint density at radius 3 is 2.61 bits per heavy atom. The van der Waals surface area contributed by atoms with Gasteiger partial charge in [-0.15, -0.1) is 0 Å². The second-order valence-electron chi connectivity index (χ2n) is 7.57. The fraction of sp³-hybridized carbons (Fsp3) is 0.478. The quantitative estimate of drug-likeness (QED) is 0.194. The third-order valence-corrected chi connectivity index (χ3v) is 5.46. The lowest BCUT2D eigenvalue weighted by atomic mass is 9.82. The summed E-state index contributed by atoms with van der Waals surface area (Å²) in [7, 11) is 3.57. The van der Waals surface area contributed by atoms with Crippen molar-refractivity contribution in [2.75, 3.05) is 7.05 Å². The predicted molar refractivity (Wildman–Crippen MR) is 118 cm³/mol. The molecule has 0 radical (unpaired) electrons. The second kappa shape index (κ2) is 12.0. The molecule has 0 saturated heterocycles. The minimum absolute atomic E-state index is 0.0199. The van der Waals surface area contributed by atoms with E-state index in [0.717, 1.165) is 23.1 Å². The van der Waals surface area contributed by atoms with Crippen LogP contribution in [0.5, 0.6) is 0 Å². The molecule has 0 fully saturated rings. The highest BCUT2D eigenvalue weighted by atomic mass is 16.7. The maximum atomic E-state index is 11.4. The molecule has 0 aliphatic carbocycles. The number of nitrogens with one attached hydrogen (secondary N) is 1. The first-order valence-corrected chi connectivity index (χ1v) is 10.4. The molecule has 2 rings (SSSR count). The van der Waals surface area contributed by atoms with Gasteiger partial charge in [0.2, 0.25) is 0 Å². The summed E-state index contributed by atoms with van der Waals surface area (Å²) in [6, 6.07) is 9.97. The SMILES string of the molecule is CN/C(Cc1c([C@H](C)C(CC=O)C(C)OCc2ccccc2)cnn1C)=N\OC(C)=O. The van der Waals surface area contributed by atoms with E-state index < -0.39 is 5.97 Å². The van der Waals surface area contributed by atoms with Crippen LogP contribution >= 0.6 is 0 Å². The lowest BCUT2D eigenvalue weighted by molar-refractivity contribution is -0.141. The average molecular weight is 429 g/mol. The third kappa shape index (κ3) is 7.03. The molecule has 1 heterocycles. The van der Waals surface area contributed by atoms with Crippen LogP contribution in [0.25, 0.3) is 0 Å². The molecule has 8 nitrogen and oxygen atoms in total. The fourth-order valence-electron chi connectivity index (χ4n) is 3.59. The first-order chi connectivity index (χ1) is 14.9. The zero-order valence-electron chi connectivity index (χ0n) is 18.9. The molecule has 1 aromatic carbocycles. The van der Waals surface area contributed by atoms with Crippen molar-refractivity contribution in [2.45, 2.75) is 52.2 Å². The summed E-state index contributed by atoms with van der Waals surface area (Å²) < 4.78 is 7.90. The van der Waals surface area contributed by atoms with Gasteiger partial charge in [-0.3, -0.25) is 4.68 Å². The lowest BCUT2D eigenvalue weighted by Crippen LogP contribution is -2.28. The number of carbonyl (C=O) groups is 2. The molecular formula is C23H32N4O4. The van der Waals surface area contributed by atoms with Gasteiger partial charge in [0, 0.05) is 33.1 Å². The van der Waals surface area contributed by atoms with Crippen molar-refractivity contribution in [3.8, 4) is 0 Å². The van der Waals surface area contributed by atoms with Gasteiger partial charge < -0.3 is 19.7 Å².